The smallest absolute Gasteiger partial charge is 0.152 e. The Hall–Kier alpha value is -2.09. The summed E-state index contributed by atoms with van der Waals surface area (Å²) in [6.45, 7) is 0. The number of nitrogens with zero attached hydrogens (tertiary/aromatic N) is 1. The van der Waals surface area contributed by atoms with Gasteiger partial charge in [0.1, 0.15) is 0 Å². The third-order valence-electron chi connectivity index (χ3n) is 2.57. The van der Waals surface area contributed by atoms with Crippen molar-refractivity contribution in [1.82, 2.24) is 0 Å². The summed E-state index contributed by atoms with van der Waals surface area (Å²) in [5.74, 6) is 0. The van der Waals surface area contributed by atoms with Crippen LogP contribution in [-0.4, -0.2) is 13.3 Å². The van der Waals surface area contributed by atoms with Gasteiger partial charge in [-0.3, -0.25) is 4.79 Å². The van der Waals surface area contributed by atoms with Crippen molar-refractivity contribution < 1.29 is 4.79 Å². The highest BCUT2D eigenvalue weighted by Gasteiger charge is 2.07. The molecule has 2 nitrogen and oxygen atoms in total. The lowest BCUT2D eigenvalue weighted by Gasteiger charge is -2.20. The Morgan fingerprint density at radius 2 is 1.56 bits per heavy atom. The quantitative estimate of drug-likeness (QED) is 0.726. The number of carbonyl (C=O) groups is 1. The summed E-state index contributed by atoms with van der Waals surface area (Å²) in [6, 6.07) is 17.5. The maximum absolute atomic E-state index is 10.9. The molecule has 0 aliphatic rings. The molecule has 0 aromatic heterocycles. The van der Waals surface area contributed by atoms with E-state index in [1.807, 2.05) is 66.5 Å². The Balaban J connectivity index is 2.41. The van der Waals surface area contributed by atoms with Crippen molar-refractivity contribution in [2.75, 3.05) is 11.9 Å². The standard InChI is InChI=1S/C14H13NO/c1-15(13-8-3-2-4-9-13)14-10-6-5-7-12(14)11-16/h2-11H,1H3. The minimum Gasteiger partial charge on any atom is -0.344 e. The minimum absolute atomic E-state index is 0.703. The number of anilines is 2. The van der Waals surface area contributed by atoms with Crippen LogP contribution in [0.25, 0.3) is 0 Å². The maximum Gasteiger partial charge on any atom is 0.152 e. The molecule has 0 heterocycles. The van der Waals surface area contributed by atoms with Crippen molar-refractivity contribution in [2.45, 2.75) is 0 Å². The van der Waals surface area contributed by atoms with E-state index in [9.17, 15) is 4.79 Å². The molecule has 0 unspecified atom stereocenters. The van der Waals surface area contributed by atoms with Gasteiger partial charge >= 0.3 is 0 Å². The lowest BCUT2D eigenvalue weighted by atomic mass is 10.1. The van der Waals surface area contributed by atoms with E-state index in [0.717, 1.165) is 17.7 Å². The lowest BCUT2D eigenvalue weighted by Crippen LogP contribution is -2.11. The SMILES string of the molecule is CN(c1ccccc1)c1ccccc1C=O. The van der Waals surface area contributed by atoms with E-state index < -0.39 is 0 Å². The van der Waals surface area contributed by atoms with E-state index in [0.29, 0.717) is 5.56 Å². The highest BCUT2D eigenvalue weighted by molar-refractivity contribution is 5.86. The van der Waals surface area contributed by atoms with Gasteiger partial charge in [0.25, 0.3) is 0 Å². The molecular formula is C14H13NO. The summed E-state index contributed by atoms with van der Waals surface area (Å²) in [4.78, 5) is 12.9. The molecule has 0 saturated heterocycles. The van der Waals surface area contributed by atoms with Gasteiger partial charge in [0.2, 0.25) is 0 Å². The largest absolute Gasteiger partial charge is 0.344 e. The first-order chi connectivity index (χ1) is 7.83. The molecule has 2 heteroatoms. The highest BCUT2D eigenvalue weighted by Crippen LogP contribution is 2.25. The van der Waals surface area contributed by atoms with Crippen molar-refractivity contribution >= 4 is 17.7 Å². The molecule has 0 aliphatic heterocycles. The number of rotatable bonds is 3. The number of benzene rings is 2. The van der Waals surface area contributed by atoms with Gasteiger partial charge in [-0.25, -0.2) is 0 Å². The van der Waals surface area contributed by atoms with Crippen molar-refractivity contribution in [3.63, 3.8) is 0 Å². The number of carbonyl (C=O) groups excluding carboxylic acids is 1. The topological polar surface area (TPSA) is 20.3 Å². The van der Waals surface area contributed by atoms with E-state index >= 15 is 0 Å². The van der Waals surface area contributed by atoms with E-state index in [-0.39, 0.29) is 0 Å². The first-order valence-electron chi connectivity index (χ1n) is 5.16. The molecule has 0 amide bonds. The summed E-state index contributed by atoms with van der Waals surface area (Å²) in [5, 5.41) is 0. The molecule has 16 heavy (non-hydrogen) atoms. The first-order valence-corrected chi connectivity index (χ1v) is 5.16. The van der Waals surface area contributed by atoms with Crippen LogP contribution in [0.4, 0.5) is 11.4 Å². The second-order valence-corrected chi connectivity index (χ2v) is 3.57. The zero-order valence-corrected chi connectivity index (χ0v) is 9.13. The van der Waals surface area contributed by atoms with Crippen LogP contribution >= 0.6 is 0 Å². The second kappa shape index (κ2) is 4.62. The fraction of sp³-hybridized carbons (Fsp3) is 0.0714. The predicted octanol–water partition coefficient (Wildman–Crippen LogP) is 3.27. The Bertz CT molecular complexity index is 479. The van der Waals surface area contributed by atoms with Gasteiger partial charge in [0.15, 0.2) is 6.29 Å². The zero-order chi connectivity index (χ0) is 11.4. The Kier molecular flexibility index (Phi) is 3.01. The second-order valence-electron chi connectivity index (χ2n) is 3.57. The molecule has 0 atom stereocenters. The molecule has 0 fully saturated rings. The van der Waals surface area contributed by atoms with Gasteiger partial charge in [-0.15, -0.1) is 0 Å². The summed E-state index contributed by atoms with van der Waals surface area (Å²) in [7, 11) is 1.96. The van der Waals surface area contributed by atoms with Crippen LogP contribution < -0.4 is 4.90 Å². The maximum atomic E-state index is 10.9. The molecule has 80 valence electrons. The van der Waals surface area contributed by atoms with Crippen molar-refractivity contribution in [3.8, 4) is 0 Å². The summed E-state index contributed by atoms with van der Waals surface area (Å²) in [6.07, 6.45) is 0.884. The summed E-state index contributed by atoms with van der Waals surface area (Å²) >= 11 is 0. The van der Waals surface area contributed by atoms with Gasteiger partial charge < -0.3 is 4.90 Å². The van der Waals surface area contributed by atoms with Crippen LogP contribution in [0.5, 0.6) is 0 Å². The summed E-state index contributed by atoms with van der Waals surface area (Å²) < 4.78 is 0. The van der Waals surface area contributed by atoms with E-state index in [4.69, 9.17) is 0 Å². The molecule has 0 N–H and O–H groups in total. The number of aldehydes is 1. The van der Waals surface area contributed by atoms with Gasteiger partial charge in [-0.2, -0.15) is 0 Å². The highest BCUT2D eigenvalue weighted by atomic mass is 16.1. The zero-order valence-electron chi connectivity index (χ0n) is 9.13. The van der Waals surface area contributed by atoms with Gasteiger partial charge in [0.05, 0.1) is 5.69 Å². The number of hydrogen-bond acceptors (Lipinski definition) is 2. The molecule has 0 aliphatic carbocycles. The molecule has 2 aromatic rings. The third-order valence-corrected chi connectivity index (χ3v) is 2.57. The minimum atomic E-state index is 0.703. The Labute approximate surface area is 95.1 Å². The Morgan fingerprint density at radius 3 is 2.25 bits per heavy atom. The number of hydrogen-bond donors (Lipinski definition) is 0. The average Bonchev–Trinajstić information content (AvgIpc) is 2.39. The van der Waals surface area contributed by atoms with Crippen LogP contribution in [0.2, 0.25) is 0 Å². The molecule has 0 bridgehead atoms. The predicted molar refractivity (Wildman–Crippen MR) is 66.3 cm³/mol. The third kappa shape index (κ3) is 1.96. The van der Waals surface area contributed by atoms with Crippen LogP contribution in [0, 0.1) is 0 Å². The Morgan fingerprint density at radius 1 is 0.938 bits per heavy atom. The van der Waals surface area contributed by atoms with Gasteiger partial charge in [-0.1, -0.05) is 30.3 Å². The van der Waals surface area contributed by atoms with E-state index in [1.165, 1.54) is 0 Å². The van der Waals surface area contributed by atoms with Gasteiger partial charge in [-0.05, 0) is 24.3 Å². The number of para-hydroxylation sites is 2. The molecular weight excluding hydrogens is 198 g/mol. The fourth-order valence-electron chi connectivity index (χ4n) is 1.68. The van der Waals surface area contributed by atoms with Gasteiger partial charge in [0, 0.05) is 18.3 Å². The van der Waals surface area contributed by atoms with Crippen LogP contribution in [0.3, 0.4) is 0 Å². The molecule has 0 saturated carbocycles. The summed E-state index contributed by atoms with van der Waals surface area (Å²) in [5.41, 5.74) is 2.69. The van der Waals surface area contributed by atoms with Crippen LogP contribution in [-0.2, 0) is 0 Å². The molecule has 2 rings (SSSR count). The van der Waals surface area contributed by atoms with E-state index in [1.54, 1.807) is 0 Å². The monoisotopic (exact) mass is 211 g/mol. The van der Waals surface area contributed by atoms with Crippen LogP contribution in [0.1, 0.15) is 10.4 Å². The van der Waals surface area contributed by atoms with Crippen LogP contribution in [0.15, 0.2) is 54.6 Å². The average molecular weight is 211 g/mol. The normalized spacial score (nSPS) is 9.81. The molecule has 2 aromatic carbocycles. The van der Waals surface area contributed by atoms with Crippen molar-refractivity contribution in [3.05, 3.63) is 60.2 Å². The van der Waals surface area contributed by atoms with Crippen molar-refractivity contribution in [1.29, 1.82) is 0 Å². The lowest BCUT2D eigenvalue weighted by molar-refractivity contribution is 0.112. The fourth-order valence-corrected chi connectivity index (χ4v) is 1.68. The first kappa shape index (κ1) is 10.4. The van der Waals surface area contributed by atoms with E-state index in [2.05, 4.69) is 0 Å². The molecule has 0 radical (unpaired) electrons. The molecule has 0 spiro atoms. The van der Waals surface area contributed by atoms with Crippen molar-refractivity contribution in [2.24, 2.45) is 0 Å².